The van der Waals surface area contributed by atoms with E-state index in [1.165, 1.54) is 16.8 Å². The third-order valence-corrected chi connectivity index (χ3v) is 11.6. The first kappa shape index (κ1) is 30.3. The third-order valence-electron chi connectivity index (χ3n) is 9.62. The normalized spacial score (nSPS) is 15.7. The van der Waals surface area contributed by atoms with Crippen LogP contribution >= 0.6 is 0 Å². The Morgan fingerprint density at radius 1 is 0.885 bits per heavy atom. The van der Waals surface area contributed by atoms with E-state index in [0.29, 0.717) is 11.3 Å². The molecule has 0 unspecified atom stereocenters. The predicted molar refractivity (Wildman–Crippen MR) is 217 cm³/mol. The van der Waals surface area contributed by atoms with Gasteiger partial charge in [-0.25, -0.2) is 0 Å². The maximum atomic E-state index is 8.78. The van der Waals surface area contributed by atoms with Gasteiger partial charge in [-0.3, -0.25) is 0 Å². The summed E-state index contributed by atoms with van der Waals surface area (Å²) in [6.45, 7) is 8.38. The monoisotopic (exact) mass is 883 g/mol. The summed E-state index contributed by atoms with van der Waals surface area (Å²) >= 11 is 0. The van der Waals surface area contributed by atoms with Crippen LogP contribution in [0.25, 0.3) is 55.6 Å². The van der Waals surface area contributed by atoms with Gasteiger partial charge in [-0.15, -0.1) is 53.6 Å². The van der Waals surface area contributed by atoms with Crippen LogP contribution in [0.15, 0.2) is 114 Å². The largest absolute Gasteiger partial charge is 0.501 e. The predicted octanol–water partition coefficient (Wildman–Crippen LogP) is 12.4. The second-order valence-corrected chi connectivity index (χ2v) is 19.7. The molecule has 0 saturated heterocycles. The van der Waals surface area contributed by atoms with Crippen molar-refractivity contribution in [1.82, 2.24) is 9.97 Å². The molecule has 3 nitrogen and oxygen atoms in total. The molecule has 1 radical (unpaired) electrons. The SMILES string of the molecule is [2H]C([2H])([2H])c1c[c-]c(-c2cc(C([2H])(C)C)c([Si](C)(C)C)cn2)cc1.[2H]C([2H])(c1ccnc(-c2[c-]ccc3c2oc2ccc(-c4ccccc4)cc23)c1)C1CCCC1.[Ir]. The van der Waals surface area contributed by atoms with E-state index in [2.05, 4.69) is 66.0 Å². The molecule has 267 valence electrons. The van der Waals surface area contributed by atoms with Gasteiger partial charge in [-0.2, -0.15) is 0 Å². The minimum atomic E-state index is -2.13. The van der Waals surface area contributed by atoms with Gasteiger partial charge in [0.25, 0.3) is 0 Å². The minimum Gasteiger partial charge on any atom is -0.501 e. The molecule has 0 amide bonds. The number of nitrogens with zero attached hydrogens (tertiary/aromatic N) is 2. The van der Waals surface area contributed by atoms with Gasteiger partial charge in [0.1, 0.15) is 5.58 Å². The Hall–Kier alpha value is -4.15. The van der Waals surface area contributed by atoms with Gasteiger partial charge in [-0.05, 0) is 64.1 Å². The van der Waals surface area contributed by atoms with Gasteiger partial charge in [0.15, 0.2) is 0 Å². The number of pyridine rings is 2. The molecule has 3 heterocycles. The van der Waals surface area contributed by atoms with Gasteiger partial charge < -0.3 is 14.4 Å². The van der Waals surface area contributed by atoms with E-state index < -0.39 is 27.2 Å². The van der Waals surface area contributed by atoms with Crippen LogP contribution in [0, 0.1) is 24.9 Å². The molecule has 0 atom stereocenters. The van der Waals surface area contributed by atoms with Crippen molar-refractivity contribution in [3.63, 3.8) is 0 Å². The van der Waals surface area contributed by atoms with E-state index in [9.17, 15) is 0 Å². The first-order valence-corrected chi connectivity index (χ1v) is 21.3. The van der Waals surface area contributed by atoms with Crippen molar-refractivity contribution < 1.29 is 32.7 Å². The van der Waals surface area contributed by atoms with Crippen LogP contribution in [0.2, 0.25) is 19.6 Å². The van der Waals surface area contributed by atoms with E-state index in [1.807, 2.05) is 74.6 Å². The Balaban J connectivity index is 0.000000203. The Morgan fingerprint density at radius 3 is 2.40 bits per heavy atom. The van der Waals surface area contributed by atoms with E-state index >= 15 is 0 Å². The van der Waals surface area contributed by atoms with Gasteiger partial charge in [0.2, 0.25) is 0 Å². The van der Waals surface area contributed by atoms with Crippen LogP contribution < -0.4 is 5.19 Å². The molecule has 5 heteroatoms. The molecule has 1 aliphatic carbocycles. The van der Waals surface area contributed by atoms with Crippen LogP contribution in [0.4, 0.5) is 0 Å². The average Bonchev–Trinajstić information content (AvgIpc) is 3.87. The number of aryl methyl sites for hydroxylation is 1. The number of furan rings is 1. The number of fused-ring (bicyclic) bond motifs is 3. The summed E-state index contributed by atoms with van der Waals surface area (Å²) in [6.07, 6.45) is 6.34. The second-order valence-electron chi connectivity index (χ2n) is 14.7. The molecule has 3 aromatic heterocycles. The Bertz CT molecular complexity index is 2520. The minimum absolute atomic E-state index is 0. The molecule has 0 aliphatic heterocycles. The summed E-state index contributed by atoms with van der Waals surface area (Å²) in [5.74, 6) is -0.651. The van der Waals surface area contributed by atoms with Gasteiger partial charge in [0.05, 0.1) is 13.7 Å². The molecule has 4 aromatic carbocycles. The Kier molecular flexibility index (Phi) is 9.47. The molecule has 1 fully saturated rings. The van der Waals surface area contributed by atoms with E-state index in [-0.39, 0.29) is 31.6 Å². The zero-order valence-electron chi connectivity index (χ0n) is 36.4. The number of hydrogen-bond donors (Lipinski definition) is 0. The summed E-state index contributed by atoms with van der Waals surface area (Å²) < 4.78 is 54.7. The first-order valence-electron chi connectivity index (χ1n) is 20.8. The Morgan fingerprint density at radius 2 is 1.69 bits per heavy atom. The molecule has 0 N–H and O–H groups in total. The van der Waals surface area contributed by atoms with E-state index in [0.717, 1.165) is 75.6 Å². The zero-order valence-corrected chi connectivity index (χ0v) is 33.8. The fourth-order valence-electron chi connectivity index (χ4n) is 6.90. The second kappa shape index (κ2) is 16.2. The standard InChI is InChI=1S/C29H24NO.C18H24NSi.Ir/c1-2-9-22(10-3-1)23-13-14-28-26(19-23)24-11-6-12-25(29(24)31-28)27-18-21(15-16-30-27)17-20-7-4-5-8-20;1-13(2)16-11-17(15-9-7-14(3)8-10-15)19-12-18(16)20(4,5)6;/h1-3,6,9-11,13-16,18-20H,4-5,7-8,17H2;7-9,11-13H,1-6H3;/q2*-1;/i17D2;3D3,13D;. The average molecular weight is 883 g/mol. The quantitative estimate of drug-likeness (QED) is 0.118. The molecular weight excluding hydrogens is 829 g/mol. The fourth-order valence-corrected chi connectivity index (χ4v) is 8.49. The molecule has 7 aromatic rings. The number of aromatic nitrogens is 2. The van der Waals surface area contributed by atoms with Gasteiger partial charge in [-0.1, -0.05) is 137 Å². The molecule has 52 heavy (non-hydrogen) atoms. The van der Waals surface area contributed by atoms with Crippen LogP contribution in [0.1, 0.15) is 70.3 Å². The molecule has 1 aliphatic rings. The summed E-state index contributed by atoms with van der Waals surface area (Å²) in [4.78, 5) is 9.14. The van der Waals surface area contributed by atoms with Crippen LogP contribution in [-0.2, 0) is 26.5 Å². The summed E-state index contributed by atoms with van der Waals surface area (Å²) in [7, 11) is -1.61. The Labute approximate surface area is 332 Å². The van der Waals surface area contributed by atoms with Crippen molar-refractivity contribution in [1.29, 1.82) is 0 Å². The summed E-state index contributed by atoms with van der Waals surface area (Å²) in [6, 6.07) is 37.3. The van der Waals surface area contributed by atoms with Crippen LogP contribution in [-0.4, -0.2) is 18.0 Å². The van der Waals surface area contributed by atoms with Crippen LogP contribution in [0.3, 0.4) is 0 Å². The van der Waals surface area contributed by atoms with Crippen molar-refractivity contribution in [2.45, 2.75) is 78.3 Å². The van der Waals surface area contributed by atoms with Crippen LogP contribution in [0.5, 0.6) is 0 Å². The summed E-state index contributed by atoms with van der Waals surface area (Å²) in [5.41, 5.74) is 8.76. The van der Waals surface area contributed by atoms with Crippen molar-refractivity contribution in [2.75, 3.05) is 0 Å². The smallest absolute Gasteiger partial charge is 0.120 e. The number of hydrogen-bond acceptors (Lipinski definition) is 3. The molecule has 0 bridgehead atoms. The number of benzene rings is 4. The van der Waals surface area contributed by atoms with Crippen molar-refractivity contribution in [2.24, 2.45) is 5.92 Å². The number of rotatable bonds is 7. The molecule has 0 spiro atoms. The van der Waals surface area contributed by atoms with E-state index in [4.69, 9.17) is 12.6 Å². The summed E-state index contributed by atoms with van der Waals surface area (Å²) in [5, 5.41) is 3.26. The van der Waals surface area contributed by atoms with Crippen molar-refractivity contribution in [3.05, 3.63) is 138 Å². The van der Waals surface area contributed by atoms with E-state index in [1.54, 1.807) is 18.3 Å². The van der Waals surface area contributed by atoms with Gasteiger partial charge >= 0.3 is 0 Å². The molecule has 1 saturated carbocycles. The topological polar surface area (TPSA) is 38.9 Å². The first-order chi connectivity index (χ1) is 26.9. The van der Waals surface area contributed by atoms with Crippen molar-refractivity contribution in [3.8, 4) is 33.6 Å². The molecule has 8 rings (SSSR count). The zero-order chi connectivity index (χ0) is 40.8. The fraction of sp³-hybridized carbons (Fsp3) is 0.277. The maximum absolute atomic E-state index is 8.78. The van der Waals surface area contributed by atoms with Gasteiger partial charge in [0, 0.05) is 46.1 Å². The molecular formula is C47H48IrN2OSi-2. The third kappa shape index (κ3) is 8.39. The maximum Gasteiger partial charge on any atom is 0.120 e. The van der Waals surface area contributed by atoms with Crippen molar-refractivity contribution >= 4 is 35.2 Å².